The summed E-state index contributed by atoms with van der Waals surface area (Å²) in [7, 11) is 0. The van der Waals surface area contributed by atoms with Gasteiger partial charge in [-0.05, 0) is 61.4 Å². The highest BCUT2D eigenvalue weighted by Gasteiger charge is 2.37. The van der Waals surface area contributed by atoms with Crippen LogP contribution in [-0.2, 0) is 16.1 Å². The lowest BCUT2D eigenvalue weighted by molar-refractivity contribution is -0.132. The molecule has 9 heteroatoms. The van der Waals surface area contributed by atoms with E-state index in [0.717, 1.165) is 10.9 Å². The zero-order valence-electron chi connectivity index (χ0n) is 17.4. The minimum Gasteiger partial charge on any atom is -0.351 e. The van der Waals surface area contributed by atoms with Crippen molar-refractivity contribution in [3.05, 3.63) is 64.6 Å². The van der Waals surface area contributed by atoms with Crippen molar-refractivity contribution < 1.29 is 18.8 Å². The summed E-state index contributed by atoms with van der Waals surface area (Å²) in [5, 5.41) is 6.48. The Morgan fingerprint density at radius 1 is 1.19 bits per heavy atom. The van der Waals surface area contributed by atoms with Crippen molar-refractivity contribution >= 4 is 45.9 Å². The van der Waals surface area contributed by atoms with Crippen LogP contribution in [0.15, 0.2) is 42.5 Å². The topological polar surface area (TPSA) is 94.3 Å². The van der Waals surface area contributed by atoms with Gasteiger partial charge in [-0.2, -0.15) is 0 Å². The van der Waals surface area contributed by atoms with Gasteiger partial charge < -0.3 is 20.5 Å². The predicted octanol–water partition coefficient (Wildman–Crippen LogP) is 3.38. The Labute approximate surface area is 188 Å². The standard InChI is InChI=1S/C23H22ClFN4O3/c1-2-26-22(31)20-10-14-9-17(3-4-19(14)28-20)29-6-5-18(23(29)32)21(30)27-12-13-7-15(24)11-16(25)8-13/h3-4,7-11,18,28H,2,5-6,12H2,1H3,(H,26,31)(H,27,30)/t18-/m1/s1. The Bertz CT molecular complexity index is 1190. The summed E-state index contributed by atoms with van der Waals surface area (Å²) >= 11 is 5.84. The molecule has 0 spiro atoms. The van der Waals surface area contributed by atoms with Crippen molar-refractivity contribution in [2.24, 2.45) is 5.92 Å². The van der Waals surface area contributed by atoms with Crippen LogP contribution < -0.4 is 15.5 Å². The number of anilines is 1. The monoisotopic (exact) mass is 456 g/mol. The number of rotatable bonds is 6. The Morgan fingerprint density at radius 2 is 2.00 bits per heavy atom. The SMILES string of the molecule is CCNC(=O)c1cc2cc(N3CC[C@H](C(=O)NCc4cc(F)cc(Cl)c4)C3=O)ccc2[nH]1. The van der Waals surface area contributed by atoms with E-state index in [0.29, 0.717) is 36.5 Å². The molecule has 2 heterocycles. The highest BCUT2D eigenvalue weighted by atomic mass is 35.5. The second kappa shape index (κ2) is 9.00. The van der Waals surface area contributed by atoms with Gasteiger partial charge in [0.05, 0.1) is 0 Å². The van der Waals surface area contributed by atoms with Crippen LogP contribution in [0.1, 0.15) is 29.4 Å². The first-order valence-corrected chi connectivity index (χ1v) is 10.7. The Hall–Kier alpha value is -3.39. The number of halogens is 2. The number of benzene rings is 2. The summed E-state index contributed by atoms with van der Waals surface area (Å²) in [6.07, 6.45) is 0.379. The maximum absolute atomic E-state index is 13.5. The van der Waals surface area contributed by atoms with Crippen LogP contribution in [-0.4, -0.2) is 35.8 Å². The number of amides is 3. The largest absolute Gasteiger partial charge is 0.351 e. The third-order valence-electron chi connectivity index (χ3n) is 5.41. The molecule has 1 fully saturated rings. The Morgan fingerprint density at radius 3 is 2.75 bits per heavy atom. The molecule has 3 amide bonds. The summed E-state index contributed by atoms with van der Waals surface area (Å²) < 4.78 is 13.5. The van der Waals surface area contributed by atoms with Crippen LogP contribution in [0.3, 0.4) is 0 Å². The van der Waals surface area contributed by atoms with Gasteiger partial charge in [-0.3, -0.25) is 14.4 Å². The molecule has 0 radical (unpaired) electrons. The number of fused-ring (bicyclic) bond motifs is 1. The molecule has 166 valence electrons. The average molecular weight is 457 g/mol. The molecule has 4 rings (SSSR count). The molecule has 1 atom stereocenters. The summed E-state index contributed by atoms with van der Waals surface area (Å²) in [4.78, 5) is 42.2. The first-order valence-electron chi connectivity index (χ1n) is 10.3. The van der Waals surface area contributed by atoms with Gasteiger partial charge in [-0.1, -0.05) is 11.6 Å². The molecular formula is C23H22ClFN4O3. The van der Waals surface area contributed by atoms with Crippen molar-refractivity contribution in [1.29, 1.82) is 0 Å². The molecule has 0 aliphatic carbocycles. The number of aromatic amines is 1. The first-order chi connectivity index (χ1) is 15.4. The third-order valence-corrected chi connectivity index (χ3v) is 5.63. The number of hydrogen-bond acceptors (Lipinski definition) is 3. The molecule has 7 nitrogen and oxygen atoms in total. The number of hydrogen-bond donors (Lipinski definition) is 3. The van der Waals surface area contributed by atoms with Crippen LogP contribution in [0, 0.1) is 11.7 Å². The summed E-state index contributed by atoms with van der Waals surface area (Å²) in [6.45, 7) is 2.86. The maximum Gasteiger partial charge on any atom is 0.267 e. The molecule has 2 aromatic carbocycles. The van der Waals surface area contributed by atoms with E-state index in [1.165, 1.54) is 12.1 Å². The highest BCUT2D eigenvalue weighted by molar-refractivity contribution is 6.30. The van der Waals surface area contributed by atoms with Crippen molar-refractivity contribution in [2.75, 3.05) is 18.0 Å². The number of aromatic nitrogens is 1. The van der Waals surface area contributed by atoms with E-state index in [-0.39, 0.29) is 23.4 Å². The zero-order chi connectivity index (χ0) is 22.8. The number of H-pyrrole nitrogens is 1. The number of carbonyl (C=O) groups excluding carboxylic acids is 3. The number of nitrogens with one attached hydrogen (secondary N) is 3. The Balaban J connectivity index is 1.44. The van der Waals surface area contributed by atoms with E-state index in [9.17, 15) is 18.8 Å². The minimum atomic E-state index is -0.813. The van der Waals surface area contributed by atoms with E-state index in [1.807, 2.05) is 19.1 Å². The molecular weight excluding hydrogens is 435 g/mol. The molecule has 3 N–H and O–H groups in total. The third kappa shape index (κ3) is 4.45. The molecule has 1 saturated heterocycles. The fourth-order valence-corrected chi connectivity index (χ4v) is 4.12. The van der Waals surface area contributed by atoms with Gasteiger partial charge in [0.25, 0.3) is 5.91 Å². The lowest BCUT2D eigenvalue weighted by Gasteiger charge is -2.17. The van der Waals surface area contributed by atoms with E-state index >= 15 is 0 Å². The molecule has 0 unspecified atom stereocenters. The Kier molecular flexibility index (Phi) is 6.14. The van der Waals surface area contributed by atoms with Crippen LogP contribution in [0.4, 0.5) is 10.1 Å². The molecule has 1 aliphatic rings. The second-order valence-corrected chi connectivity index (χ2v) is 8.08. The predicted molar refractivity (Wildman–Crippen MR) is 120 cm³/mol. The van der Waals surface area contributed by atoms with Gasteiger partial charge in [0.2, 0.25) is 11.8 Å². The highest BCUT2D eigenvalue weighted by Crippen LogP contribution is 2.29. The van der Waals surface area contributed by atoms with Crippen molar-refractivity contribution in [3.63, 3.8) is 0 Å². The molecule has 32 heavy (non-hydrogen) atoms. The van der Waals surface area contributed by atoms with Crippen LogP contribution in [0.2, 0.25) is 5.02 Å². The van der Waals surface area contributed by atoms with Gasteiger partial charge in [-0.15, -0.1) is 0 Å². The molecule has 0 saturated carbocycles. The number of carbonyl (C=O) groups is 3. The van der Waals surface area contributed by atoms with E-state index in [2.05, 4.69) is 15.6 Å². The van der Waals surface area contributed by atoms with Gasteiger partial charge in [0.1, 0.15) is 17.4 Å². The summed E-state index contributed by atoms with van der Waals surface area (Å²) in [6, 6.07) is 11.2. The molecule has 3 aromatic rings. The quantitative estimate of drug-likeness (QED) is 0.496. The lowest BCUT2D eigenvalue weighted by atomic mass is 10.1. The van der Waals surface area contributed by atoms with Gasteiger partial charge in [0.15, 0.2) is 0 Å². The van der Waals surface area contributed by atoms with Gasteiger partial charge in [-0.25, -0.2) is 4.39 Å². The van der Waals surface area contributed by atoms with Crippen molar-refractivity contribution in [2.45, 2.75) is 19.9 Å². The van der Waals surface area contributed by atoms with E-state index in [1.54, 1.807) is 23.1 Å². The second-order valence-electron chi connectivity index (χ2n) is 7.64. The summed E-state index contributed by atoms with van der Waals surface area (Å²) in [5.41, 5.74) is 2.41. The van der Waals surface area contributed by atoms with Crippen LogP contribution in [0.5, 0.6) is 0 Å². The fourth-order valence-electron chi connectivity index (χ4n) is 3.87. The van der Waals surface area contributed by atoms with E-state index < -0.39 is 17.6 Å². The normalized spacial score (nSPS) is 15.9. The van der Waals surface area contributed by atoms with E-state index in [4.69, 9.17) is 11.6 Å². The smallest absolute Gasteiger partial charge is 0.267 e. The lowest BCUT2D eigenvalue weighted by Crippen LogP contribution is -2.36. The van der Waals surface area contributed by atoms with Crippen LogP contribution in [0.25, 0.3) is 10.9 Å². The average Bonchev–Trinajstić information content (AvgIpc) is 3.34. The van der Waals surface area contributed by atoms with Gasteiger partial charge in [0, 0.05) is 41.2 Å². The molecule has 1 aromatic heterocycles. The maximum atomic E-state index is 13.5. The summed E-state index contributed by atoms with van der Waals surface area (Å²) in [5.74, 6) is -2.19. The minimum absolute atomic E-state index is 0.0814. The number of nitrogens with zero attached hydrogens (tertiary/aromatic N) is 1. The molecule has 1 aliphatic heterocycles. The van der Waals surface area contributed by atoms with Gasteiger partial charge >= 0.3 is 0 Å². The zero-order valence-corrected chi connectivity index (χ0v) is 18.1. The molecule has 0 bridgehead atoms. The first kappa shape index (κ1) is 21.8. The van der Waals surface area contributed by atoms with Crippen LogP contribution >= 0.6 is 11.6 Å². The fraction of sp³-hybridized carbons (Fsp3) is 0.261. The van der Waals surface area contributed by atoms with Crippen molar-refractivity contribution in [3.8, 4) is 0 Å². The van der Waals surface area contributed by atoms with Crippen molar-refractivity contribution in [1.82, 2.24) is 15.6 Å².